The fourth-order valence-corrected chi connectivity index (χ4v) is 3.78. The highest BCUT2D eigenvalue weighted by Gasteiger charge is 2.38. The van der Waals surface area contributed by atoms with Gasteiger partial charge in [-0.25, -0.2) is 0 Å². The number of hydrogen-bond acceptors (Lipinski definition) is 5. The minimum atomic E-state index is -0.0493. The molecule has 1 aromatic carbocycles. The molecule has 1 amide bonds. The van der Waals surface area contributed by atoms with Crippen LogP contribution in [0.1, 0.15) is 49.4 Å². The molecule has 0 atom stereocenters. The quantitative estimate of drug-likeness (QED) is 0.847. The van der Waals surface area contributed by atoms with E-state index in [1.54, 1.807) is 19.2 Å². The van der Waals surface area contributed by atoms with Crippen molar-refractivity contribution >= 4 is 11.6 Å². The number of rotatable bonds is 4. The fraction of sp³-hybridized carbons (Fsp3) is 0.632. The first-order valence-corrected chi connectivity index (χ1v) is 9.12. The molecule has 3 rings (SSSR count). The number of piperidine rings is 1. The summed E-state index contributed by atoms with van der Waals surface area (Å²) < 4.78 is 16.9. The summed E-state index contributed by atoms with van der Waals surface area (Å²) in [5.41, 5.74) is 6.97. The van der Waals surface area contributed by atoms with Gasteiger partial charge in [0.15, 0.2) is 11.5 Å². The lowest BCUT2D eigenvalue weighted by atomic mass is 9.84. The van der Waals surface area contributed by atoms with Crippen molar-refractivity contribution in [3.8, 4) is 11.5 Å². The molecule has 0 radical (unpaired) electrons. The Morgan fingerprint density at radius 1 is 1.24 bits per heavy atom. The van der Waals surface area contributed by atoms with Crippen LogP contribution < -0.4 is 15.2 Å². The van der Waals surface area contributed by atoms with E-state index in [0.29, 0.717) is 42.4 Å². The molecule has 0 unspecified atom stereocenters. The van der Waals surface area contributed by atoms with Crippen molar-refractivity contribution < 1.29 is 19.0 Å². The molecule has 2 saturated heterocycles. The minimum Gasteiger partial charge on any atom is -0.493 e. The molecule has 0 aromatic heterocycles. The topological polar surface area (TPSA) is 74.0 Å². The molecule has 2 N–H and O–H groups in total. The molecular formula is C19H28N2O4. The van der Waals surface area contributed by atoms with E-state index < -0.39 is 0 Å². The van der Waals surface area contributed by atoms with Gasteiger partial charge in [-0.1, -0.05) is 0 Å². The lowest BCUT2D eigenvalue weighted by Crippen LogP contribution is -2.49. The van der Waals surface area contributed by atoms with Gasteiger partial charge in [-0.3, -0.25) is 4.79 Å². The summed E-state index contributed by atoms with van der Waals surface area (Å²) in [6, 6.07) is 3.36. The summed E-state index contributed by atoms with van der Waals surface area (Å²) in [7, 11) is 1.56. The van der Waals surface area contributed by atoms with Crippen molar-refractivity contribution in [3.63, 3.8) is 0 Å². The van der Waals surface area contributed by atoms with Crippen LogP contribution in [0.15, 0.2) is 12.1 Å². The lowest BCUT2D eigenvalue weighted by molar-refractivity contribution is -0.107. The molecule has 2 aliphatic rings. The number of methoxy groups -OCH3 is 1. The monoisotopic (exact) mass is 348 g/mol. The second-order valence-electron chi connectivity index (χ2n) is 6.80. The van der Waals surface area contributed by atoms with Crippen LogP contribution in [0.5, 0.6) is 11.5 Å². The van der Waals surface area contributed by atoms with Crippen molar-refractivity contribution in [1.82, 2.24) is 4.90 Å². The van der Waals surface area contributed by atoms with Gasteiger partial charge in [0, 0.05) is 31.5 Å². The molecule has 1 spiro atoms. The number of likely N-dealkylation sites (tertiary alicyclic amines) is 1. The van der Waals surface area contributed by atoms with Crippen LogP contribution in [0, 0.1) is 0 Å². The van der Waals surface area contributed by atoms with E-state index in [1.807, 2.05) is 11.8 Å². The molecule has 2 fully saturated rings. The van der Waals surface area contributed by atoms with Gasteiger partial charge in [0.05, 0.1) is 24.9 Å². The molecule has 6 heteroatoms. The van der Waals surface area contributed by atoms with Crippen molar-refractivity contribution in [3.05, 3.63) is 17.7 Å². The Bertz CT molecular complexity index is 616. The van der Waals surface area contributed by atoms with Crippen LogP contribution in [-0.4, -0.2) is 49.8 Å². The highest BCUT2D eigenvalue weighted by atomic mass is 16.5. The van der Waals surface area contributed by atoms with E-state index in [4.69, 9.17) is 19.9 Å². The maximum Gasteiger partial charge on any atom is 0.256 e. The second-order valence-corrected chi connectivity index (χ2v) is 6.80. The molecule has 1 aromatic rings. The van der Waals surface area contributed by atoms with Crippen molar-refractivity contribution in [1.29, 1.82) is 0 Å². The maximum atomic E-state index is 13.0. The standard InChI is InChI=1S/C19H28N2O4/c1-3-24-17-12-14(15(20)13-16(17)23-2)18(22)21-9-7-19(8-10-21)6-4-5-11-25-19/h12-13H,3-11,20H2,1-2H3. The SMILES string of the molecule is CCOc1cc(C(=O)N2CCC3(CCCCO3)CC2)c(N)cc1OC. The number of benzene rings is 1. The number of hydrogen-bond donors (Lipinski definition) is 1. The zero-order chi connectivity index (χ0) is 17.9. The predicted octanol–water partition coefficient (Wildman–Crippen LogP) is 2.85. The van der Waals surface area contributed by atoms with Gasteiger partial charge in [-0.15, -0.1) is 0 Å². The molecular weight excluding hydrogens is 320 g/mol. The molecule has 138 valence electrons. The van der Waals surface area contributed by atoms with Crippen molar-refractivity contribution in [2.24, 2.45) is 0 Å². The van der Waals surface area contributed by atoms with E-state index in [9.17, 15) is 4.79 Å². The molecule has 2 heterocycles. The third-order valence-corrected chi connectivity index (χ3v) is 5.26. The van der Waals surface area contributed by atoms with Gasteiger partial charge in [0.1, 0.15) is 0 Å². The first kappa shape index (κ1) is 17.9. The van der Waals surface area contributed by atoms with Gasteiger partial charge in [-0.05, 0) is 45.1 Å². The first-order chi connectivity index (χ1) is 12.1. The van der Waals surface area contributed by atoms with Crippen LogP contribution in [0.25, 0.3) is 0 Å². The van der Waals surface area contributed by atoms with E-state index >= 15 is 0 Å². The fourth-order valence-electron chi connectivity index (χ4n) is 3.78. The van der Waals surface area contributed by atoms with Gasteiger partial charge in [-0.2, -0.15) is 0 Å². The summed E-state index contributed by atoms with van der Waals surface area (Å²) in [6.45, 7) is 4.64. The van der Waals surface area contributed by atoms with Crippen LogP contribution in [0.2, 0.25) is 0 Å². The Morgan fingerprint density at radius 3 is 2.60 bits per heavy atom. The maximum absolute atomic E-state index is 13.0. The Morgan fingerprint density at radius 2 is 2.00 bits per heavy atom. The summed E-state index contributed by atoms with van der Waals surface area (Å²) in [5.74, 6) is 1.04. The zero-order valence-corrected chi connectivity index (χ0v) is 15.2. The number of carbonyl (C=O) groups is 1. The third kappa shape index (κ3) is 3.68. The van der Waals surface area contributed by atoms with E-state index in [1.165, 1.54) is 6.42 Å². The van der Waals surface area contributed by atoms with Crippen molar-refractivity contribution in [2.75, 3.05) is 39.1 Å². The van der Waals surface area contributed by atoms with Gasteiger partial charge < -0.3 is 24.8 Å². The summed E-state index contributed by atoms with van der Waals surface area (Å²) in [4.78, 5) is 14.8. The van der Waals surface area contributed by atoms with E-state index in [2.05, 4.69) is 0 Å². The van der Waals surface area contributed by atoms with Gasteiger partial charge >= 0.3 is 0 Å². The summed E-state index contributed by atoms with van der Waals surface area (Å²) >= 11 is 0. The van der Waals surface area contributed by atoms with Crippen LogP contribution in [0.4, 0.5) is 5.69 Å². The average molecular weight is 348 g/mol. The van der Waals surface area contributed by atoms with Crippen LogP contribution in [-0.2, 0) is 4.74 Å². The lowest BCUT2D eigenvalue weighted by Gasteiger charge is -2.44. The van der Waals surface area contributed by atoms with E-state index in [-0.39, 0.29) is 11.5 Å². The molecule has 0 bridgehead atoms. The number of amides is 1. The molecule has 0 aliphatic carbocycles. The number of nitrogens with zero attached hydrogens (tertiary/aromatic N) is 1. The Kier molecular flexibility index (Phi) is 5.37. The molecule has 25 heavy (non-hydrogen) atoms. The number of nitrogens with two attached hydrogens (primary N) is 1. The normalized spacial score (nSPS) is 19.7. The van der Waals surface area contributed by atoms with Crippen LogP contribution >= 0.6 is 0 Å². The highest BCUT2D eigenvalue weighted by Crippen LogP contribution is 2.37. The summed E-state index contributed by atoms with van der Waals surface area (Å²) in [6.07, 6.45) is 5.26. The molecule has 0 saturated carbocycles. The van der Waals surface area contributed by atoms with Gasteiger partial charge in [0.25, 0.3) is 5.91 Å². The Hall–Kier alpha value is -1.95. The van der Waals surface area contributed by atoms with Crippen molar-refractivity contribution in [2.45, 2.75) is 44.6 Å². The third-order valence-electron chi connectivity index (χ3n) is 5.26. The molecule has 2 aliphatic heterocycles. The number of anilines is 1. The smallest absolute Gasteiger partial charge is 0.256 e. The second kappa shape index (κ2) is 7.52. The average Bonchev–Trinajstić information content (AvgIpc) is 2.64. The van der Waals surface area contributed by atoms with E-state index in [0.717, 1.165) is 32.3 Å². The minimum absolute atomic E-state index is 0.0169. The predicted molar refractivity (Wildman–Crippen MR) is 96.2 cm³/mol. The largest absolute Gasteiger partial charge is 0.493 e. The van der Waals surface area contributed by atoms with Gasteiger partial charge in [0.2, 0.25) is 0 Å². The summed E-state index contributed by atoms with van der Waals surface area (Å²) in [5, 5.41) is 0. The number of nitrogen functional groups attached to an aromatic ring is 1. The Balaban J connectivity index is 1.74. The van der Waals surface area contributed by atoms with Crippen LogP contribution in [0.3, 0.4) is 0 Å². The Labute approximate surface area is 149 Å². The highest BCUT2D eigenvalue weighted by molar-refractivity contribution is 6.00. The first-order valence-electron chi connectivity index (χ1n) is 9.12. The molecule has 6 nitrogen and oxygen atoms in total. The number of ether oxygens (including phenoxy) is 3. The zero-order valence-electron chi connectivity index (χ0n) is 15.2. The number of carbonyl (C=O) groups excluding carboxylic acids is 1.